The average molecular weight is 236 g/mol. The van der Waals surface area contributed by atoms with Gasteiger partial charge in [0.1, 0.15) is 5.82 Å². The highest BCUT2D eigenvalue weighted by Crippen LogP contribution is 2.26. The Morgan fingerprint density at radius 2 is 1.94 bits per heavy atom. The van der Waals surface area contributed by atoms with Gasteiger partial charge in [-0.05, 0) is 13.0 Å². The molecule has 0 fully saturated rings. The lowest BCUT2D eigenvalue weighted by molar-refractivity contribution is 0.422. The fourth-order valence-corrected chi connectivity index (χ4v) is 1.31. The zero-order chi connectivity index (χ0) is 12.4. The van der Waals surface area contributed by atoms with E-state index in [2.05, 4.69) is 4.98 Å². The molecule has 2 aromatic rings. The van der Waals surface area contributed by atoms with Gasteiger partial charge in [-0.3, -0.25) is 0 Å². The quantitative estimate of drug-likeness (QED) is 0.815. The number of benzene rings is 1. The van der Waals surface area contributed by atoms with Crippen LogP contribution in [0, 0.1) is 18.6 Å². The minimum absolute atomic E-state index is 0.202. The Hall–Kier alpha value is -2.17. The highest BCUT2D eigenvalue weighted by atomic mass is 19.1. The summed E-state index contributed by atoms with van der Waals surface area (Å²) in [7, 11) is 0. The molecule has 88 valence electrons. The lowest BCUT2D eigenvalue weighted by atomic mass is 10.3. The van der Waals surface area contributed by atoms with Gasteiger partial charge in [-0.2, -0.15) is 0 Å². The summed E-state index contributed by atoms with van der Waals surface area (Å²) < 4.78 is 31.7. The van der Waals surface area contributed by atoms with Gasteiger partial charge in [0.05, 0.1) is 5.69 Å². The number of hydrogen-bond acceptors (Lipinski definition) is 3. The van der Waals surface area contributed by atoms with Crippen LogP contribution in [0.2, 0.25) is 0 Å². The van der Waals surface area contributed by atoms with E-state index in [1.54, 1.807) is 25.1 Å². The summed E-state index contributed by atoms with van der Waals surface area (Å²) >= 11 is 0. The van der Waals surface area contributed by atoms with Gasteiger partial charge in [0.25, 0.3) is 0 Å². The van der Waals surface area contributed by atoms with E-state index in [1.165, 1.54) is 0 Å². The largest absolute Gasteiger partial charge is 0.436 e. The highest BCUT2D eigenvalue weighted by Gasteiger charge is 2.10. The van der Waals surface area contributed by atoms with Gasteiger partial charge in [-0.15, -0.1) is 0 Å². The third kappa shape index (κ3) is 2.50. The van der Waals surface area contributed by atoms with E-state index in [0.29, 0.717) is 0 Å². The molecule has 2 rings (SSSR count). The molecule has 2 N–H and O–H groups in total. The molecule has 0 aliphatic rings. The Balaban J connectivity index is 2.33. The highest BCUT2D eigenvalue weighted by molar-refractivity contribution is 5.45. The number of nitrogens with zero attached hydrogens (tertiary/aromatic N) is 1. The summed E-state index contributed by atoms with van der Waals surface area (Å²) in [5, 5.41) is 0. The van der Waals surface area contributed by atoms with Crippen LogP contribution in [0.1, 0.15) is 5.69 Å². The number of aromatic nitrogens is 1. The Morgan fingerprint density at radius 3 is 2.65 bits per heavy atom. The average Bonchev–Trinajstić information content (AvgIpc) is 2.26. The summed E-state index contributed by atoms with van der Waals surface area (Å²) in [4.78, 5) is 4.02. The van der Waals surface area contributed by atoms with E-state index in [0.717, 1.165) is 17.8 Å². The van der Waals surface area contributed by atoms with Crippen molar-refractivity contribution in [3.05, 3.63) is 47.7 Å². The molecule has 3 nitrogen and oxygen atoms in total. The molecule has 5 heteroatoms. The molecule has 0 atom stereocenters. The summed E-state index contributed by atoms with van der Waals surface area (Å²) in [5.41, 5.74) is 5.68. The lowest BCUT2D eigenvalue weighted by Gasteiger charge is -2.07. The molecular weight excluding hydrogens is 226 g/mol. The fraction of sp³-hybridized carbons (Fsp3) is 0.0833. The molecule has 17 heavy (non-hydrogen) atoms. The van der Waals surface area contributed by atoms with Crippen LogP contribution >= 0.6 is 0 Å². The van der Waals surface area contributed by atoms with Crippen LogP contribution < -0.4 is 10.5 Å². The molecule has 0 aliphatic heterocycles. The van der Waals surface area contributed by atoms with Gasteiger partial charge >= 0.3 is 0 Å². The van der Waals surface area contributed by atoms with Gasteiger partial charge < -0.3 is 10.5 Å². The van der Waals surface area contributed by atoms with Crippen molar-refractivity contribution in [2.75, 3.05) is 5.73 Å². The van der Waals surface area contributed by atoms with Crippen LogP contribution in [0.4, 0.5) is 14.5 Å². The number of rotatable bonds is 2. The first-order valence-electron chi connectivity index (χ1n) is 4.92. The summed E-state index contributed by atoms with van der Waals surface area (Å²) in [6.45, 7) is 1.77. The lowest BCUT2D eigenvalue weighted by Crippen LogP contribution is -1.96. The van der Waals surface area contributed by atoms with E-state index in [4.69, 9.17) is 10.5 Å². The van der Waals surface area contributed by atoms with Crippen LogP contribution in [-0.2, 0) is 0 Å². The van der Waals surface area contributed by atoms with Crippen molar-refractivity contribution in [3.63, 3.8) is 0 Å². The van der Waals surface area contributed by atoms with E-state index < -0.39 is 11.6 Å². The first-order valence-corrected chi connectivity index (χ1v) is 4.92. The van der Waals surface area contributed by atoms with Crippen molar-refractivity contribution in [1.29, 1.82) is 0 Å². The van der Waals surface area contributed by atoms with E-state index in [-0.39, 0.29) is 17.3 Å². The maximum Gasteiger partial charge on any atom is 0.219 e. The van der Waals surface area contributed by atoms with Gasteiger partial charge in [0.15, 0.2) is 11.6 Å². The van der Waals surface area contributed by atoms with Crippen LogP contribution in [-0.4, -0.2) is 4.98 Å². The third-order valence-electron chi connectivity index (χ3n) is 2.13. The van der Waals surface area contributed by atoms with Crippen molar-refractivity contribution in [2.24, 2.45) is 0 Å². The van der Waals surface area contributed by atoms with E-state index in [1.807, 2.05) is 0 Å². The number of hydrogen-bond donors (Lipinski definition) is 1. The summed E-state index contributed by atoms with van der Waals surface area (Å²) in [6, 6.07) is 6.81. The number of nitrogens with two attached hydrogens (primary N) is 1. The first kappa shape index (κ1) is 11.3. The van der Waals surface area contributed by atoms with Gasteiger partial charge in [0.2, 0.25) is 5.88 Å². The smallest absolute Gasteiger partial charge is 0.219 e. The Labute approximate surface area is 96.9 Å². The number of nitrogen functional groups attached to an aromatic ring is 1. The number of ether oxygens (including phenoxy) is 1. The molecular formula is C12H10F2N2O. The number of anilines is 1. The second-order valence-corrected chi connectivity index (χ2v) is 3.52. The Morgan fingerprint density at radius 1 is 1.18 bits per heavy atom. The van der Waals surface area contributed by atoms with Crippen molar-refractivity contribution in [3.8, 4) is 11.6 Å². The number of pyridine rings is 1. The second-order valence-electron chi connectivity index (χ2n) is 3.52. The van der Waals surface area contributed by atoms with Crippen molar-refractivity contribution in [2.45, 2.75) is 6.92 Å². The Kier molecular flexibility index (Phi) is 2.91. The van der Waals surface area contributed by atoms with Gasteiger partial charge in [0, 0.05) is 23.9 Å². The minimum Gasteiger partial charge on any atom is -0.436 e. The standard InChI is InChI=1S/C12H10F2N2O/c1-7-3-2-4-12(16-7)17-11-6-8(13)10(15)5-9(11)14/h2-6H,15H2,1H3. The number of aryl methyl sites for hydroxylation is 1. The molecule has 1 aromatic heterocycles. The molecule has 0 amide bonds. The van der Waals surface area contributed by atoms with Crippen LogP contribution in [0.15, 0.2) is 30.3 Å². The molecule has 0 unspecified atom stereocenters. The zero-order valence-electron chi connectivity index (χ0n) is 9.08. The molecule has 0 aliphatic carbocycles. The summed E-state index contributed by atoms with van der Waals surface area (Å²) in [5.74, 6) is -1.50. The minimum atomic E-state index is -0.729. The maximum atomic E-state index is 13.4. The molecule has 0 radical (unpaired) electrons. The monoisotopic (exact) mass is 236 g/mol. The van der Waals surface area contributed by atoms with Crippen molar-refractivity contribution >= 4 is 5.69 Å². The molecule has 0 spiro atoms. The zero-order valence-corrected chi connectivity index (χ0v) is 9.08. The normalized spacial score (nSPS) is 10.3. The molecule has 1 aromatic carbocycles. The third-order valence-corrected chi connectivity index (χ3v) is 2.13. The maximum absolute atomic E-state index is 13.4. The predicted octanol–water partition coefficient (Wildman–Crippen LogP) is 3.04. The van der Waals surface area contributed by atoms with Gasteiger partial charge in [-0.1, -0.05) is 6.07 Å². The van der Waals surface area contributed by atoms with Crippen molar-refractivity contribution in [1.82, 2.24) is 4.98 Å². The predicted molar refractivity (Wildman–Crippen MR) is 59.8 cm³/mol. The summed E-state index contributed by atoms with van der Waals surface area (Å²) in [6.07, 6.45) is 0. The van der Waals surface area contributed by atoms with E-state index in [9.17, 15) is 8.78 Å². The van der Waals surface area contributed by atoms with Crippen LogP contribution in [0.5, 0.6) is 11.6 Å². The fourth-order valence-electron chi connectivity index (χ4n) is 1.31. The van der Waals surface area contributed by atoms with Crippen LogP contribution in [0.3, 0.4) is 0 Å². The van der Waals surface area contributed by atoms with Crippen molar-refractivity contribution < 1.29 is 13.5 Å². The van der Waals surface area contributed by atoms with Crippen LogP contribution in [0.25, 0.3) is 0 Å². The topological polar surface area (TPSA) is 48.1 Å². The molecule has 1 heterocycles. The molecule has 0 saturated heterocycles. The van der Waals surface area contributed by atoms with E-state index >= 15 is 0 Å². The SMILES string of the molecule is Cc1cccc(Oc2cc(F)c(N)cc2F)n1. The molecule has 0 bridgehead atoms. The van der Waals surface area contributed by atoms with Gasteiger partial charge in [-0.25, -0.2) is 13.8 Å². The first-order chi connectivity index (χ1) is 8.06. The number of halogens is 2. The second kappa shape index (κ2) is 4.37. The molecule has 0 saturated carbocycles. The Bertz CT molecular complexity index is 558.